The summed E-state index contributed by atoms with van der Waals surface area (Å²) in [5, 5.41) is 12.2. The molecule has 1 aromatic carbocycles. The molecular formula is C15H22N2O3. The quantitative estimate of drug-likeness (QED) is 0.757. The van der Waals surface area contributed by atoms with Crippen LogP contribution < -0.4 is 5.32 Å². The van der Waals surface area contributed by atoms with Gasteiger partial charge in [-0.2, -0.15) is 0 Å². The predicted octanol–water partition coefficient (Wildman–Crippen LogP) is 0.386. The molecule has 1 aliphatic heterocycles. The third-order valence-corrected chi connectivity index (χ3v) is 3.48. The van der Waals surface area contributed by atoms with Crippen molar-refractivity contribution in [3.8, 4) is 0 Å². The van der Waals surface area contributed by atoms with Crippen LogP contribution in [0.5, 0.6) is 0 Å². The summed E-state index contributed by atoms with van der Waals surface area (Å²) in [5.41, 5.74) is 0.818. The van der Waals surface area contributed by atoms with Gasteiger partial charge in [0, 0.05) is 26.2 Å². The average Bonchev–Trinajstić information content (AvgIpc) is 2.43. The van der Waals surface area contributed by atoms with E-state index in [1.54, 1.807) is 4.90 Å². The van der Waals surface area contributed by atoms with Gasteiger partial charge in [0.25, 0.3) is 0 Å². The fourth-order valence-corrected chi connectivity index (χ4v) is 2.12. The Morgan fingerprint density at radius 1 is 1.40 bits per heavy atom. The molecule has 0 bridgehead atoms. The molecule has 1 aromatic rings. The Morgan fingerprint density at radius 3 is 2.65 bits per heavy atom. The number of rotatable bonds is 7. The Balaban J connectivity index is 1.88. The van der Waals surface area contributed by atoms with Crippen LogP contribution in [-0.2, 0) is 16.1 Å². The molecule has 0 aliphatic carbocycles. The zero-order chi connectivity index (χ0) is 14.4. The number of nitrogens with zero attached hydrogens (tertiary/aromatic N) is 1. The van der Waals surface area contributed by atoms with Gasteiger partial charge in [0.2, 0.25) is 5.91 Å². The maximum absolute atomic E-state index is 12.2. The lowest BCUT2D eigenvalue weighted by Gasteiger charge is -2.39. The Morgan fingerprint density at radius 2 is 2.10 bits per heavy atom. The largest absolute Gasteiger partial charge is 0.395 e. The number of carbonyl (C=O) groups is 1. The first-order chi connectivity index (χ1) is 9.63. The molecule has 2 N–H and O–H groups in total. The van der Waals surface area contributed by atoms with Crippen LogP contribution in [0, 0.1) is 0 Å². The normalized spacial score (nSPS) is 16.5. The van der Waals surface area contributed by atoms with E-state index in [1.807, 2.05) is 37.3 Å². The molecule has 1 saturated heterocycles. The Labute approximate surface area is 119 Å². The Kier molecular flexibility index (Phi) is 5.11. The lowest BCUT2D eigenvalue weighted by Crippen LogP contribution is -2.59. The first-order valence-electron chi connectivity index (χ1n) is 6.90. The van der Waals surface area contributed by atoms with Crippen LogP contribution in [0.4, 0.5) is 0 Å². The zero-order valence-electron chi connectivity index (χ0n) is 11.8. The van der Waals surface area contributed by atoms with Crippen LogP contribution in [0.25, 0.3) is 0 Å². The van der Waals surface area contributed by atoms with E-state index in [2.05, 4.69) is 5.32 Å². The highest BCUT2D eigenvalue weighted by molar-refractivity contribution is 5.77. The highest BCUT2D eigenvalue weighted by Gasteiger charge is 2.33. The van der Waals surface area contributed by atoms with Gasteiger partial charge in [-0.15, -0.1) is 0 Å². The van der Waals surface area contributed by atoms with E-state index < -0.39 is 0 Å². The molecule has 0 saturated carbocycles. The second kappa shape index (κ2) is 6.83. The lowest BCUT2D eigenvalue weighted by molar-refractivity contribution is -0.147. The van der Waals surface area contributed by atoms with Crippen LogP contribution in [0.3, 0.4) is 0 Å². The SMILES string of the molecule is CC1(OCC(=O)N(CCO)Cc2ccccc2)CNC1. The number of aliphatic hydroxyl groups is 1. The van der Waals surface area contributed by atoms with Crippen molar-refractivity contribution in [2.75, 3.05) is 32.8 Å². The van der Waals surface area contributed by atoms with Gasteiger partial charge in [-0.05, 0) is 12.5 Å². The molecule has 1 aliphatic rings. The molecule has 110 valence electrons. The third kappa shape index (κ3) is 4.03. The maximum atomic E-state index is 12.2. The van der Waals surface area contributed by atoms with Gasteiger partial charge in [-0.3, -0.25) is 4.79 Å². The molecule has 0 atom stereocenters. The molecule has 1 fully saturated rings. The molecule has 20 heavy (non-hydrogen) atoms. The number of amides is 1. The molecular weight excluding hydrogens is 256 g/mol. The number of nitrogens with one attached hydrogen (secondary N) is 1. The van der Waals surface area contributed by atoms with Crippen LogP contribution in [0.1, 0.15) is 12.5 Å². The van der Waals surface area contributed by atoms with Crippen molar-refractivity contribution < 1.29 is 14.6 Å². The molecule has 0 unspecified atom stereocenters. The predicted molar refractivity (Wildman–Crippen MR) is 76.2 cm³/mol. The summed E-state index contributed by atoms with van der Waals surface area (Å²) >= 11 is 0. The third-order valence-electron chi connectivity index (χ3n) is 3.48. The molecule has 1 amide bonds. The summed E-state index contributed by atoms with van der Waals surface area (Å²) in [7, 11) is 0. The minimum atomic E-state index is -0.229. The van der Waals surface area contributed by atoms with Crippen molar-refractivity contribution in [2.45, 2.75) is 19.1 Å². The second-order valence-corrected chi connectivity index (χ2v) is 5.37. The number of ether oxygens (including phenoxy) is 1. The van der Waals surface area contributed by atoms with Gasteiger partial charge in [-0.25, -0.2) is 0 Å². The monoisotopic (exact) mass is 278 g/mol. The summed E-state index contributed by atoms with van der Waals surface area (Å²) < 4.78 is 5.66. The van der Waals surface area contributed by atoms with Gasteiger partial charge < -0.3 is 20.1 Å². The van der Waals surface area contributed by atoms with Crippen LogP contribution >= 0.6 is 0 Å². The maximum Gasteiger partial charge on any atom is 0.248 e. The summed E-state index contributed by atoms with van der Waals surface area (Å²) in [4.78, 5) is 13.8. The number of hydrogen-bond acceptors (Lipinski definition) is 4. The van der Waals surface area contributed by atoms with Crippen molar-refractivity contribution >= 4 is 5.91 Å². The van der Waals surface area contributed by atoms with Crippen molar-refractivity contribution in [3.63, 3.8) is 0 Å². The number of hydrogen-bond donors (Lipinski definition) is 2. The van der Waals surface area contributed by atoms with Gasteiger partial charge in [0.05, 0.1) is 12.2 Å². The minimum Gasteiger partial charge on any atom is -0.395 e. The minimum absolute atomic E-state index is 0.0442. The summed E-state index contributed by atoms with van der Waals surface area (Å²) in [6.45, 7) is 4.38. The van der Waals surface area contributed by atoms with Crippen molar-refractivity contribution in [1.29, 1.82) is 0 Å². The molecule has 5 heteroatoms. The second-order valence-electron chi connectivity index (χ2n) is 5.37. The first-order valence-corrected chi connectivity index (χ1v) is 6.90. The average molecular weight is 278 g/mol. The fourth-order valence-electron chi connectivity index (χ4n) is 2.12. The zero-order valence-corrected chi connectivity index (χ0v) is 11.8. The van der Waals surface area contributed by atoms with E-state index in [1.165, 1.54) is 0 Å². The molecule has 1 heterocycles. The smallest absolute Gasteiger partial charge is 0.248 e. The van der Waals surface area contributed by atoms with Gasteiger partial charge in [0.1, 0.15) is 6.61 Å². The molecule has 2 rings (SSSR count). The van der Waals surface area contributed by atoms with E-state index in [9.17, 15) is 4.79 Å². The highest BCUT2D eigenvalue weighted by Crippen LogP contribution is 2.15. The van der Waals surface area contributed by atoms with Gasteiger partial charge in [-0.1, -0.05) is 30.3 Å². The van der Waals surface area contributed by atoms with Crippen LogP contribution in [-0.4, -0.2) is 54.4 Å². The van der Waals surface area contributed by atoms with Crippen LogP contribution in [0.2, 0.25) is 0 Å². The van der Waals surface area contributed by atoms with E-state index in [-0.39, 0.29) is 24.7 Å². The van der Waals surface area contributed by atoms with Crippen LogP contribution in [0.15, 0.2) is 30.3 Å². The molecule has 0 radical (unpaired) electrons. The summed E-state index contributed by atoms with van der Waals surface area (Å²) in [6, 6.07) is 9.75. The van der Waals surface area contributed by atoms with E-state index >= 15 is 0 Å². The molecule has 5 nitrogen and oxygen atoms in total. The standard InChI is InChI=1S/C15H22N2O3/c1-15(11-16-12-15)20-10-14(19)17(7-8-18)9-13-5-3-2-4-6-13/h2-6,16,18H,7-12H2,1H3. The van der Waals surface area contributed by atoms with Crippen molar-refractivity contribution in [3.05, 3.63) is 35.9 Å². The first kappa shape index (κ1) is 15.0. The summed E-state index contributed by atoms with van der Waals surface area (Å²) in [5.74, 6) is -0.0870. The number of carbonyl (C=O) groups excluding carboxylic acids is 1. The highest BCUT2D eigenvalue weighted by atomic mass is 16.5. The Hall–Kier alpha value is -1.43. The fraction of sp³-hybridized carbons (Fsp3) is 0.533. The van der Waals surface area contributed by atoms with E-state index in [4.69, 9.17) is 9.84 Å². The van der Waals surface area contributed by atoms with E-state index in [0.717, 1.165) is 18.7 Å². The number of aliphatic hydroxyl groups excluding tert-OH is 1. The lowest BCUT2D eigenvalue weighted by atomic mass is 10.0. The van der Waals surface area contributed by atoms with Gasteiger partial charge in [0.15, 0.2) is 0 Å². The van der Waals surface area contributed by atoms with E-state index in [0.29, 0.717) is 13.1 Å². The van der Waals surface area contributed by atoms with Gasteiger partial charge >= 0.3 is 0 Å². The van der Waals surface area contributed by atoms with Crippen molar-refractivity contribution in [2.24, 2.45) is 0 Å². The Bertz CT molecular complexity index is 432. The number of benzene rings is 1. The summed E-state index contributed by atoms with van der Waals surface area (Å²) in [6.07, 6.45) is 0. The molecule has 0 spiro atoms. The van der Waals surface area contributed by atoms with Crippen molar-refractivity contribution in [1.82, 2.24) is 10.2 Å². The topological polar surface area (TPSA) is 61.8 Å². The molecule has 0 aromatic heterocycles.